The van der Waals surface area contributed by atoms with Crippen LogP contribution in [0.1, 0.15) is 38.2 Å². The lowest BCUT2D eigenvalue weighted by atomic mass is 9.87. The van der Waals surface area contributed by atoms with Gasteiger partial charge in [0.25, 0.3) is 0 Å². The summed E-state index contributed by atoms with van der Waals surface area (Å²) in [7, 11) is 0. The van der Waals surface area contributed by atoms with E-state index in [2.05, 4.69) is 41.2 Å². The second kappa shape index (κ2) is 7.30. The quantitative estimate of drug-likeness (QED) is 0.815. The molecule has 0 atom stereocenters. The van der Waals surface area contributed by atoms with Crippen molar-refractivity contribution in [1.82, 2.24) is 5.32 Å². The van der Waals surface area contributed by atoms with Gasteiger partial charge >= 0.3 is 0 Å². The van der Waals surface area contributed by atoms with E-state index in [1.165, 1.54) is 31.2 Å². The highest BCUT2D eigenvalue weighted by atomic mass is 79.9. The minimum absolute atomic E-state index is 0.700. The molecule has 0 heterocycles. The fraction of sp³-hybridized carbons (Fsp3) is 0.625. The van der Waals surface area contributed by atoms with E-state index in [0.717, 1.165) is 29.3 Å². The van der Waals surface area contributed by atoms with Gasteiger partial charge in [-0.3, -0.25) is 0 Å². The molecule has 1 aliphatic rings. The van der Waals surface area contributed by atoms with E-state index in [1.54, 1.807) is 0 Å². The summed E-state index contributed by atoms with van der Waals surface area (Å²) >= 11 is 3.47. The fourth-order valence-electron chi connectivity index (χ4n) is 2.66. The maximum atomic E-state index is 5.82. The second-order valence-electron chi connectivity index (χ2n) is 5.67. The highest BCUT2D eigenvalue weighted by Crippen LogP contribution is 2.24. The summed E-state index contributed by atoms with van der Waals surface area (Å²) < 4.78 is 6.92. The van der Waals surface area contributed by atoms with Crippen LogP contribution in [0, 0.1) is 12.8 Å². The zero-order valence-electron chi connectivity index (χ0n) is 11.9. The molecular formula is C16H24BrNO. The zero-order chi connectivity index (χ0) is 13.7. The first-order valence-corrected chi connectivity index (χ1v) is 8.07. The van der Waals surface area contributed by atoms with Crippen LogP contribution in [0.5, 0.6) is 5.75 Å². The molecule has 0 bridgehead atoms. The van der Waals surface area contributed by atoms with Gasteiger partial charge in [-0.25, -0.2) is 0 Å². The Morgan fingerprint density at radius 1 is 1.26 bits per heavy atom. The highest BCUT2D eigenvalue weighted by Gasteiger charge is 2.17. The van der Waals surface area contributed by atoms with Gasteiger partial charge in [0.15, 0.2) is 0 Å². The minimum Gasteiger partial charge on any atom is -0.492 e. The molecule has 1 fully saturated rings. The van der Waals surface area contributed by atoms with Crippen molar-refractivity contribution >= 4 is 15.9 Å². The topological polar surface area (TPSA) is 21.3 Å². The Balaban J connectivity index is 1.66. The average Bonchev–Trinajstić information content (AvgIpc) is 2.39. The largest absolute Gasteiger partial charge is 0.492 e. The molecule has 0 aromatic heterocycles. The van der Waals surface area contributed by atoms with E-state index in [1.807, 2.05) is 12.1 Å². The lowest BCUT2D eigenvalue weighted by Crippen LogP contribution is -2.35. The van der Waals surface area contributed by atoms with Gasteiger partial charge in [-0.1, -0.05) is 22.9 Å². The predicted molar refractivity (Wildman–Crippen MR) is 83.8 cm³/mol. The van der Waals surface area contributed by atoms with Crippen LogP contribution in [0.2, 0.25) is 0 Å². The van der Waals surface area contributed by atoms with Gasteiger partial charge in [0.1, 0.15) is 12.4 Å². The van der Waals surface area contributed by atoms with Crippen molar-refractivity contribution < 1.29 is 4.74 Å². The number of rotatable bonds is 5. The number of aryl methyl sites for hydroxylation is 1. The van der Waals surface area contributed by atoms with Gasteiger partial charge in [0.2, 0.25) is 0 Å². The van der Waals surface area contributed by atoms with Crippen molar-refractivity contribution in [2.45, 2.75) is 45.6 Å². The van der Waals surface area contributed by atoms with E-state index in [0.29, 0.717) is 6.04 Å². The summed E-state index contributed by atoms with van der Waals surface area (Å²) in [4.78, 5) is 0. The van der Waals surface area contributed by atoms with Crippen LogP contribution in [-0.2, 0) is 0 Å². The van der Waals surface area contributed by atoms with E-state index in [-0.39, 0.29) is 0 Å². The van der Waals surface area contributed by atoms with Crippen molar-refractivity contribution in [1.29, 1.82) is 0 Å². The fourth-order valence-corrected chi connectivity index (χ4v) is 3.14. The van der Waals surface area contributed by atoms with Gasteiger partial charge < -0.3 is 10.1 Å². The van der Waals surface area contributed by atoms with Crippen LogP contribution in [0.25, 0.3) is 0 Å². The van der Waals surface area contributed by atoms with E-state index < -0.39 is 0 Å². The first-order valence-electron chi connectivity index (χ1n) is 7.27. The smallest absolute Gasteiger partial charge is 0.122 e. The zero-order valence-corrected chi connectivity index (χ0v) is 13.5. The lowest BCUT2D eigenvalue weighted by molar-refractivity contribution is 0.269. The Labute approximate surface area is 125 Å². The SMILES string of the molecule is Cc1cc(Br)ccc1OCCNC1CCC(C)CC1. The Hall–Kier alpha value is -0.540. The molecule has 1 saturated carbocycles. The number of halogens is 1. The summed E-state index contributed by atoms with van der Waals surface area (Å²) in [5.74, 6) is 1.90. The molecule has 2 rings (SSSR count). The Morgan fingerprint density at radius 3 is 2.68 bits per heavy atom. The predicted octanol–water partition coefficient (Wildman–Crippen LogP) is 4.30. The van der Waals surface area contributed by atoms with Crippen LogP contribution < -0.4 is 10.1 Å². The van der Waals surface area contributed by atoms with Gasteiger partial charge in [-0.05, 0) is 62.3 Å². The first-order chi connectivity index (χ1) is 9.15. The Bertz CT molecular complexity index is 400. The molecule has 1 aliphatic carbocycles. The third-order valence-corrected chi connectivity index (χ3v) is 4.44. The van der Waals surface area contributed by atoms with Gasteiger partial charge in [0.05, 0.1) is 0 Å². The molecule has 19 heavy (non-hydrogen) atoms. The molecule has 0 unspecified atom stereocenters. The van der Waals surface area contributed by atoms with Crippen LogP contribution in [0.15, 0.2) is 22.7 Å². The molecule has 1 aromatic carbocycles. The molecule has 1 N–H and O–H groups in total. The summed E-state index contributed by atoms with van der Waals surface area (Å²) in [5.41, 5.74) is 1.18. The summed E-state index contributed by atoms with van der Waals surface area (Å²) in [6.07, 6.45) is 5.37. The highest BCUT2D eigenvalue weighted by molar-refractivity contribution is 9.10. The molecule has 0 aliphatic heterocycles. The Morgan fingerprint density at radius 2 is 2.00 bits per heavy atom. The summed E-state index contributed by atoms with van der Waals surface area (Å²) in [6.45, 7) is 6.12. The number of hydrogen-bond acceptors (Lipinski definition) is 2. The van der Waals surface area contributed by atoms with E-state index >= 15 is 0 Å². The van der Waals surface area contributed by atoms with Crippen LogP contribution >= 0.6 is 15.9 Å². The van der Waals surface area contributed by atoms with E-state index in [4.69, 9.17) is 4.74 Å². The molecule has 1 aromatic rings. The van der Waals surface area contributed by atoms with E-state index in [9.17, 15) is 0 Å². The average molecular weight is 326 g/mol. The first kappa shape index (κ1) is 14.9. The maximum absolute atomic E-state index is 5.82. The molecule has 2 nitrogen and oxygen atoms in total. The van der Waals surface area contributed by atoms with Gasteiger partial charge in [0, 0.05) is 17.1 Å². The third kappa shape index (κ3) is 4.81. The van der Waals surface area contributed by atoms with Crippen LogP contribution in [0.3, 0.4) is 0 Å². The molecule has 0 saturated heterocycles. The van der Waals surface area contributed by atoms with Gasteiger partial charge in [-0.15, -0.1) is 0 Å². The number of benzene rings is 1. The molecular weight excluding hydrogens is 302 g/mol. The molecule has 0 amide bonds. The number of nitrogens with one attached hydrogen (secondary N) is 1. The van der Waals surface area contributed by atoms with Crippen molar-refractivity contribution in [3.05, 3.63) is 28.2 Å². The van der Waals surface area contributed by atoms with Crippen molar-refractivity contribution in [3.8, 4) is 5.75 Å². The second-order valence-corrected chi connectivity index (χ2v) is 6.58. The third-order valence-electron chi connectivity index (χ3n) is 3.95. The molecule has 0 spiro atoms. The standard InChI is InChI=1S/C16H24BrNO/c1-12-3-6-15(7-4-12)18-9-10-19-16-8-5-14(17)11-13(16)2/h5,8,11-12,15,18H,3-4,6-7,9-10H2,1-2H3. The van der Waals surface area contributed by atoms with Crippen LogP contribution in [0.4, 0.5) is 0 Å². The molecule has 3 heteroatoms. The van der Waals surface area contributed by atoms with Gasteiger partial charge in [-0.2, -0.15) is 0 Å². The molecule has 106 valence electrons. The summed E-state index contributed by atoms with van der Waals surface area (Å²) in [6, 6.07) is 6.84. The number of ether oxygens (including phenoxy) is 1. The lowest BCUT2D eigenvalue weighted by Gasteiger charge is -2.27. The maximum Gasteiger partial charge on any atom is 0.122 e. The van der Waals surface area contributed by atoms with Crippen LogP contribution in [-0.4, -0.2) is 19.2 Å². The normalized spacial score (nSPS) is 23.3. The summed E-state index contributed by atoms with van der Waals surface area (Å²) in [5, 5.41) is 3.61. The van der Waals surface area contributed by atoms with Crippen molar-refractivity contribution in [3.63, 3.8) is 0 Å². The number of hydrogen-bond donors (Lipinski definition) is 1. The van der Waals surface area contributed by atoms with Crippen molar-refractivity contribution in [2.75, 3.05) is 13.2 Å². The monoisotopic (exact) mass is 325 g/mol. The van der Waals surface area contributed by atoms with Crippen molar-refractivity contribution in [2.24, 2.45) is 5.92 Å². The minimum atomic E-state index is 0.700. The Kier molecular flexibility index (Phi) is 5.71. The molecule has 0 radical (unpaired) electrons.